The maximum atomic E-state index is 12.5. The van der Waals surface area contributed by atoms with Crippen LogP contribution in [0.3, 0.4) is 0 Å². The molecule has 6 amide bonds. The van der Waals surface area contributed by atoms with Crippen molar-refractivity contribution in [3.63, 3.8) is 0 Å². The van der Waals surface area contributed by atoms with Gasteiger partial charge in [0.15, 0.2) is 0 Å². The van der Waals surface area contributed by atoms with Gasteiger partial charge in [-0.3, -0.25) is 43.5 Å². The van der Waals surface area contributed by atoms with E-state index in [1.54, 1.807) is 13.8 Å². The Morgan fingerprint density at radius 1 is 0.590 bits per heavy atom. The third-order valence-corrected chi connectivity index (χ3v) is 7.75. The Bertz CT molecular complexity index is 1080. The second-order valence-corrected chi connectivity index (χ2v) is 10.6. The predicted molar refractivity (Wildman–Crippen MR) is 145 cm³/mol. The number of carbonyl (C=O) groups is 6. The number of nitrogens with zero attached hydrogens (tertiary/aromatic N) is 3. The van der Waals surface area contributed by atoms with Crippen molar-refractivity contribution in [2.24, 2.45) is 17.8 Å². The minimum absolute atomic E-state index is 0.121. The van der Waals surface area contributed by atoms with Crippen LogP contribution in [0.2, 0.25) is 0 Å². The van der Waals surface area contributed by atoms with E-state index in [2.05, 4.69) is 0 Å². The Morgan fingerprint density at radius 2 is 0.923 bits per heavy atom. The fourth-order valence-corrected chi connectivity index (χ4v) is 5.47. The van der Waals surface area contributed by atoms with Crippen molar-refractivity contribution >= 4 is 35.4 Å². The highest BCUT2D eigenvalue weighted by Crippen LogP contribution is 2.24. The Balaban J connectivity index is 0.00000205. The molecule has 0 aromatic heterocycles. The van der Waals surface area contributed by atoms with Gasteiger partial charge < -0.3 is 0 Å². The fraction of sp³-hybridized carbons (Fsp3) is 0.600. The van der Waals surface area contributed by atoms with Gasteiger partial charge in [0.1, 0.15) is 0 Å². The maximum absolute atomic E-state index is 12.5. The summed E-state index contributed by atoms with van der Waals surface area (Å²) in [5.74, 6) is -1.74. The molecule has 3 aliphatic rings. The summed E-state index contributed by atoms with van der Waals surface area (Å²) in [5.41, 5.74) is 2.77. The number of likely N-dealkylation sites (tertiary alicyclic amines) is 3. The number of rotatable bonds is 10. The van der Waals surface area contributed by atoms with Gasteiger partial charge >= 0.3 is 0 Å². The van der Waals surface area contributed by atoms with Gasteiger partial charge in [-0.05, 0) is 42.4 Å². The quantitative estimate of drug-likeness (QED) is 0.423. The lowest BCUT2D eigenvalue weighted by Crippen LogP contribution is -2.33. The summed E-state index contributed by atoms with van der Waals surface area (Å²) < 4.78 is 0. The highest BCUT2D eigenvalue weighted by atomic mass is 16.2. The zero-order valence-corrected chi connectivity index (χ0v) is 23.8. The van der Waals surface area contributed by atoms with E-state index in [1.807, 2.05) is 39.0 Å². The summed E-state index contributed by atoms with van der Waals surface area (Å²) in [5, 5.41) is 0. The topological polar surface area (TPSA) is 112 Å². The minimum Gasteiger partial charge on any atom is -0.282 e. The summed E-state index contributed by atoms with van der Waals surface area (Å²) in [6.45, 7) is 10.3. The largest absolute Gasteiger partial charge is 0.282 e. The van der Waals surface area contributed by atoms with Crippen LogP contribution in [-0.2, 0) is 48.0 Å². The third kappa shape index (κ3) is 6.81. The van der Waals surface area contributed by atoms with E-state index >= 15 is 0 Å². The first-order chi connectivity index (χ1) is 18.6. The molecule has 0 spiro atoms. The lowest BCUT2D eigenvalue weighted by atomic mass is 9.99. The Labute approximate surface area is 230 Å². The van der Waals surface area contributed by atoms with Crippen LogP contribution < -0.4 is 0 Å². The van der Waals surface area contributed by atoms with Crippen LogP contribution in [0.25, 0.3) is 0 Å². The summed E-state index contributed by atoms with van der Waals surface area (Å²) in [7, 11) is 0. The van der Waals surface area contributed by atoms with Crippen LogP contribution in [0, 0.1) is 17.8 Å². The first-order valence-corrected chi connectivity index (χ1v) is 14.2. The second-order valence-electron chi connectivity index (χ2n) is 10.6. The molecule has 3 saturated heterocycles. The summed E-state index contributed by atoms with van der Waals surface area (Å²) in [4.78, 5) is 78.0. The zero-order valence-electron chi connectivity index (χ0n) is 23.8. The molecule has 212 valence electrons. The SMILES string of the molecule is CC.CCC1CC(=O)N(CCc2cc(CCN3C(=O)CC(C)C3=O)cc(CCN3C(=O)CC(C)C3=O)c2)C1=O. The van der Waals surface area contributed by atoms with Crippen LogP contribution in [0.5, 0.6) is 0 Å². The molecule has 3 heterocycles. The molecule has 3 fully saturated rings. The molecule has 0 N–H and O–H groups in total. The van der Waals surface area contributed by atoms with Crippen LogP contribution in [0.15, 0.2) is 18.2 Å². The molecule has 9 nitrogen and oxygen atoms in total. The minimum atomic E-state index is -0.296. The lowest BCUT2D eigenvalue weighted by Gasteiger charge is -2.18. The van der Waals surface area contributed by atoms with Crippen LogP contribution in [0.1, 0.15) is 77.0 Å². The van der Waals surface area contributed by atoms with Crippen molar-refractivity contribution in [3.8, 4) is 0 Å². The summed E-state index contributed by atoms with van der Waals surface area (Å²) in [6, 6.07) is 5.94. The van der Waals surface area contributed by atoms with Crippen LogP contribution >= 0.6 is 0 Å². The highest BCUT2D eigenvalue weighted by molar-refractivity contribution is 6.04. The Kier molecular flexibility index (Phi) is 10.2. The molecule has 0 aliphatic carbocycles. The number of benzene rings is 1. The molecule has 0 saturated carbocycles. The Morgan fingerprint density at radius 3 is 1.21 bits per heavy atom. The van der Waals surface area contributed by atoms with E-state index in [-0.39, 0.29) is 92.1 Å². The van der Waals surface area contributed by atoms with Gasteiger partial charge in [0.05, 0.1) is 0 Å². The molecule has 39 heavy (non-hydrogen) atoms. The average Bonchev–Trinajstić information content (AvgIpc) is 3.43. The third-order valence-electron chi connectivity index (χ3n) is 7.75. The van der Waals surface area contributed by atoms with Crippen molar-refractivity contribution < 1.29 is 28.8 Å². The van der Waals surface area contributed by atoms with E-state index in [0.29, 0.717) is 25.7 Å². The number of hydrogen-bond donors (Lipinski definition) is 0. The Hall–Kier alpha value is -3.36. The second kappa shape index (κ2) is 13.1. The van der Waals surface area contributed by atoms with E-state index in [0.717, 1.165) is 16.7 Å². The molecular formula is C30H41N3O6. The van der Waals surface area contributed by atoms with Crippen molar-refractivity contribution in [1.29, 1.82) is 0 Å². The molecule has 0 bridgehead atoms. The van der Waals surface area contributed by atoms with Gasteiger partial charge in [0.2, 0.25) is 35.4 Å². The number of amides is 6. The van der Waals surface area contributed by atoms with Crippen LogP contribution in [-0.4, -0.2) is 69.8 Å². The van der Waals surface area contributed by atoms with Gasteiger partial charge in [-0.25, -0.2) is 0 Å². The average molecular weight is 540 g/mol. The van der Waals surface area contributed by atoms with Gasteiger partial charge in [-0.15, -0.1) is 0 Å². The molecule has 3 aliphatic heterocycles. The molecule has 1 aromatic carbocycles. The first kappa shape index (κ1) is 30.2. The molecule has 3 atom stereocenters. The van der Waals surface area contributed by atoms with Gasteiger partial charge in [0.25, 0.3) is 0 Å². The van der Waals surface area contributed by atoms with E-state index < -0.39 is 0 Å². The first-order valence-electron chi connectivity index (χ1n) is 14.2. The van der Waals surface area contributed by atoms with Gasteiger partial charge in [-0.2, -0.15) is 0 Å². The molecule has 9 heteroatoms. The van der Waals surface area contributed by atoms with Crippen molar-refractivity contribution in [2.45, 2.75) is 79.6 Å². The van der Waals surface area contributed by atoms with Gasteiger partial charge in [0, 0.05) is 56.7 Å². The lowest BCUT2D eigenvalue weighted by molar-refractivity contribution is -0.140. The van der Waals surface area contributed by atoms with Crippen molar-refractivity contribution in [3.05, 3.63) is 34.9 Å². The summed E-state index contributed by atoms with van der Waals surface area (Å²) in [6.07, 6.45) is 2.79. The normalized spacial score (nSPS) is 23.3. The molecule has 3 unspecified atom stereocenters. The smallest absolute Gasteiger partial charge is 0.232 e. The zero-order chi connectivity index (χ0) is 28.9. The fourth-order valence-electron chi connectivity index (χ4n) is 5.47. The monoisotopic (exact) mass is 539 g/mol. The van der Waals surface area contributed by atoms with Crippen molar-refractivity contribution in [1.82, 2.24) is 14.7 Å². The van der Waals surface area contributed by atoms with Crippen molar-refractivity contribution in [2.75, 3.05) is 19.6 Å². The molecular weight excluding hydrogens is 498 g/mol. The molecule has 0 radical (unpaired) electrons. The number of carbonyl (C=O) groups excluding carboxylic acids is 6. The standard InChI is InChI=1S/C28H35N3O6.C2H6/c1-4-22-16-25(34)31(28(22)37)10-7-21-14-19(5-8-29-23(32)11-17(2)26(29)35)13-20(15-21)6-9-30-24(33)12-18(3)27(30)36;1-2/h13-15,17-18,22H,4-12,16H2,1-3H3;1-2H3. The van der Waals surface area contributed by atoms with Gasteiger partial charge in [-0.1, -0.05) is 52.8 Å². The predicted octanol–water partition coefficient (Wildman–Crippen LogP) is 2.92. The number of hydrogen-bond acceptors (Lipinski definition) is 6. The number of imide groups is 3. The van der Waals surface area contributed by atoms with E-state index in [9.17, 15) is 28.8 Å². The van der Waals surface area contributed by atoms with Crippen LogP contribution in [0.4, 0.5) is 0 Å². The summed E-state index contributed by atoms with van der Waals surface area (Å²) >= 11 is 0. The van der Waals surface area contributed by atoms with E-state index in [4.69, 9.17) is 0 Å². The van der Waals surface area contributed by atoms with E-state index in [1.165, 1.54) is 14.7 Å². The molecule has 1 aromatic rings. The maximum Gasteiger partial charge on any atom is 0.232 e. The molecule has 4 rings (SSSR count). The highest BCUT2D eigenvalue weighted by Gasteiger charge is 2.37.